The van der Waals surface area contributed by atoms with Gasteiger partial charge in [-0.15, -0.1) is 0 Å². The molecule has 0 aromatic heterocycles. The van der Waals surface area contributed by atoms with Gasteiger partial charge < -0.3 is 5.73 Å². The molecule has 0 aliphatic carbocycles. The van der Waals surface area contributed by atoms with Gasteiger partial charge in [0.15, 0.2) is 0 Å². The first kappa shape index (κ1) is 18.9. The molecule has 0 saturated heterocycles. The van der Waals surface area contributed by atoms with Crippen LogP contribution in [-0.4, -0.2) is 24.8 Å². The van der Waals surface area contributed by atoms with Crippen LogP contribution in [0.25, 0.3) is 0 Å². The highest BCUT2D eigenvalue weighted by atomic mass is 32.2. The molecule has 0 heterocycles. The summed E-state index contributed by atoms with van der Waals surface area (Å²) in [4.78, 5) is 0. The topological polar surface area (TPSA) is 80.4 Å². The van der Waals surface area contributed by atoms with Gasteiger partial charge >= 0.3 is 0 Å². The first-order valence-electron chi connectivity index (χ1n) is 7.66. The Kier molecular flexibility index (Phi) is 11.6. The standard InChI is InChI=1S/C14H31NO3S/c1-2-3-4-5-6-7-8-9-10-11-12-14(15)13-19(16,17)18/h14H,2-13,15H2,1H3,(H,16,17,18). The van der Waals surface area contributed by atoms with Gasteiger partial charge in [0, 0.05) is 6.04 Å². The van der Waals surface area contributed by atoms with Crippen molar-refractivity contribution in [1.29, 1.82) is 0 Å². The average molecular weight is 293 g/mol. The second-order valence-electron chi connectivity index (χ2n) is 5.48. The van der Waals surface area contributed by atoms with E-state index in [0.29, 0.717) is 6.42 Å². The molecular weight excluding hydrogens is 262 g/mol. The molecule has 0 rings (SSSR count). The van der Waals surface area contributed by atoms with Crippen LogP contribution in [0.15, 0.2) is 0 Å². The summed E-state index contributed by atoms with van der Waals surface area (Å²) in [5.41, 5.74) is 5.63. The van der Waals surface area contributed by atoms with Crippen LogP contribution in [0.3, 0.4) is 0 Å². The van der Waals surface area contributed by atoms with E-state index in [2.05, 4.69) is 6.92 Å². The van der Waals surface area contributed by atoms with E-state index in [1.54, 1.807) is 0 Å². The Bertz CT molecular complexity index is 291. The van der Waals surface area contributed by atoms with E-state index in [0.717, 1.165) is 12.8 Å². The number of nitrogens with two attached hydrogens (primary N) is 1. The zero-order chi connectivity index (χ0) is 14.6. The average Bonchev–Trinajstić information content (AvgIpc) is 2.29. The van der Waals surface area contributed by atoms with Crippen molar-refractivity contribution < 1.29 is 13.0 Å². The first-order valence-corrected chi connectivity index (χ1v) is 9.27. The summed E-state index contributed by atoms with van der Waals surface area (Å²) in [7, 11) is -3.91. The maximum atomic E-state index is 10.6. The minimum atomic E-state index is -3.91. The summed E-state index contributed by atoms with van der Waals surface area (Å²) in [5, 5.41) is 0. The van der Waals surface area contributed by atoms with Gasteiger partial charge in [0.05, 0.1) is 5.75 Å². The molecule has 0 spiro atoms. The highest BCUT2D eigenvalue weighted by Crippen LogP contribution is 2.11. The Morgan fingerprint density at radius 1 is 0.895 bits per heavy atom. The summed E-state index contributed by atoms with van der Waals surface area (Å²) < 4.78 is 29.8. The zero-order valence-electron chi connectivity index (χ0n) is 12.3. The summed E-state index contributed by atoms with van der Waals surface area (Å²) in [6.45, 7) is 2.23. The maximum Gasteiger partial charge on any atom is 0.266 e. The highest BCUT2D eigenvalue weighted by Gasteiger charge is 2.11. The molecule has 0 amide bonds. The van der Waals surface area contributed by atoms with Gasteiger partial charge in [0.25, 0.3) is 10.1 Å². The fraction of sp³-hybridized carbons (Fsp3) is 1.00. The van der Waals surface area contributed by atoms with Gasteiger partial charge in [-0.2, -0.15) is 8.42 Å². The van der Waals surface area contributed by atoms with Crippen molar-refractivity contribution >= 4 is 10.1 Å². The SMILES string of the molecule is CCCCCCCCCCCCC(N)CS(=O)(=O)O. The summed E-state index contributed by atoms with van der Waals surface area (Å²) in [5.74, 6) is -0.315. The summed E-state index contributed by atoms with van der Waals surface area (Å²) in [6, 6.07) is -0.427. The Morgan fingerprint density at radius 2 is 1.32 bits per heavy atom. The molecule has 0 bridgehead atoms. The van der Waals surface area contributed by atoms with Crippen LogP contribution >= 0.6 is 0 Å². The molecule has 1 unspecified atom stereocenters. The molecule has 0 aromatic rings. The monoisotopic (exact) mass is 293 g/mol. The van der Waals surface area contributed by atoms with Crippen LogP contribution < -0.4 is 5.73 Å². The van der Waals surface area contributed by atoms with Crippen LogP contribution in [0.4, 0.5) is 0 Å². The van der Waals surface area contributed by atoms with Gasteiger partial charge in [0.2, 0.25) is 0 Å². The normalized spacial score (nSPS) is 13.6. The second kappa shape index (κ2) is 11.7. The van der Waals surface area contributed by atoms with E-state index in [1.165, 1.54) is 51.4 Å². The van der Waals surface area contributed by atoms with Crippen molar-refractivity contribution in [2.45, 2.75) is 83.6 Å². The second-order valence-corrected chi connectivity index (χ2v) is 6.98. The predicted octanol–water partition coefficient (Wildman–Crippen LogP) is 3.51. The van der Waals surface area contributed by atoms with E-state index in [4.69, 9.17) is 10.3 Å². The molecule has 0 radical (unpaired) electrons. The molecule has 19 heavy (non-hydrogen) atoms. The molecule has 5 heteroatoms. The van der Waals surface area contributed by atoms with Crippen LogP contribution in [0.5, 0.6) is 0 Å². The van der Waals surface area contributed by atoms with Crippen LogP contribution in [0.2, 0.25) is 0 Å². The fourth-order valence-corrected chi connectivity index (χ4v) is 2.96. The molecule has 0 aliphatic rings. The number of hydrogen-bond acceptors (Lipinski definition) is 3. The first-order chi connectivity index (χ1) is 8.95. The van der Waals surface area contributed by atoms with E-state index >= 15 is 0 Å². The van der Waals surface area contributed by atoms with Gasteiger partial charge in [-0.05, 0) is 6.42 Å². The third-order valence-electron chi connectivity index (χ3n) is 3.35. The van der Waals surface area contributed by atoms with Crippen molar-refractivity contribution in [3.63, 3.8) is 0 Å². The molecule has 0 saturated carbocycles. The van der Waals surface area contributed by atoms with Gasteiger partial charge in [-0.1, -0.05) is 71.1 Å². The lowest BCUT2D eigenvalue weighted by molar-refractivity contribution is 0.470. The molecule has 4 nitrogen and oxygen atoms in total. The highest BCUT2D eigenvalue weighted by molar-refractivity contribution is 7.85. The lowest BCUT2D eigenvalue weighted by atomic mass is 10.0. The molecular formula is C14H31NO3S. The number of hydrogen-bond donors (Lipinski definition) is 2. The summed E-state index contributed by atoms with van der Waals surface area (Å²) in [6.07, 6.45) is 13.2. The zero-order valence-corrected chi connectivity index (χ0v) is 13.1. The third kappa shape index (κ3) is 15.8. The van der Waals surface area contributed by atoms with Crippen LogP contribution in [-0.2, 0) is 10.1 Å². The quantitative estimate of drug-likeness (QED) is 0.402. The van der Waals surface area contributed by atoms with Crippen molar-refractivity contribution in [3.05, 3.63) is 0 Å². The van der Waals surface area contributed by atoms with Gasteiger partial charge in [-0.3, -0.25) is 4.55 Å². The van der Waals surface area contributed by atoms with E-state index < -0.39 is 16.2 Å². The van der Waals surface area contributed by atoms with Crippen molar-refractivity contribution in [2.75, 3.05) is 5.75 Å². The largest absolute Gasteiger partial charge is 0.327 e. The molecule has 3 N–H and O–H groups in total. The number of rotatable bonds is 13. The molecule has 116 valence electrons. The van der Waals surface area contributed by atoms with Crippen molar-refractivity contribution in [2.24, 2.45) is 5.73 Å². The van der Waals surface area contributed by atoms with Crippen molar-refractivity contribution in [1.82, 2.24) is 0 Å². The summed E-state index contributed by atoms with van der Waals surface area (Å²) >= 11 is 0. The van der Waals surface area contributed by atoms with E-state index in [-0.39, 0.29) is 5.75 Å². The number of unbranched alkanes of at least 4 members (excludes halogenated alkanes) is 9. The van der Waals surface area contributed by atoms with Crippen molar-refractivity contribution in [3.8, 4) is 0 Å². The smallest absolute Gasteiger partial charge is 0.266 e. The van der Waals surface area contributed by atoms with Gasteiger partial charge in [-0.25, -0.2) is 0 Å². The minimum Gasteiger partial charge on any atom is -0.327 e. The lowest BCUT2D eigenvalue weighted by Gasteiger charge is -2.09. The Balaban J connectivity index is 3.23. The van der Waals surface area contributed by atoms with E-state index in [9.17, 15) is 8.42 Å². The van der Waals surface area contributed by atoms with E-state index in [1.807, 2.05) is 0 Å². The van der Waals surface area contributed by atoms with Crippen LogP contribution in [0.1, 0.15) is 77.6 Å². The minimum absolute atomic E-state index is 0.315. The maximum absolute atomic E-state index is 10.6. The third-order valence-corrected chi connectivity index (χ3v) is 4.20. The Hall–Kier alpha value is -0.130. The molecule has 0 aromatic carbocycles. The Labute approximate surface area is 118 Å². The predicted molar refractivity (Wildman–Crippen MR) is 80.9 cm³/mol. The fourth-order valence-electron chi connectivity index (χ4n) is 2.25. The van der Waals surface area contributed by atoms with Gasteiger partial charge in [0.1, 0.15) is 0 Å². The molecule has 1 atom stereocenters. The van der Waals surface area contributed by atoms with Crippen LogP contribution in [0, 0.1) is 0 Å². The lowest BCUT2D eigenvalue weighted by Crippen LogP contribution is -2.29. The molecule has 0 fully saturated rings. The Morgan fingerprint density at radius 3 is 1.74 bits per heavy atom. The molecule has 0 aliphatic heterocycles.